The van der Waals surface area contributed by atoms with E-state index < -0.39 is 40.9 Å². The van der Waals surface area contributed by atoms with Crippen molar-refractivity contribution >= 4 is 5.97 Å². The summed E-state index contributed by atoms with van der Waals surface area (Å²) in [7, 11) is 0. The molecule has 0 bridgehead atoms. The summed E-state index contributed by atoms with van der Waals surface area (Å²) in [6, 6.07) is 17.1. The van der Waals surface area contributed by atoms with E-state index in [1.807, 2.05) is 51.1 Å². The topological polar surface area (TPSA) is 40.5 Å². The normalized spacial score (nSPS) is 17.0. The molecule has 1 saturated heterocycles. The number of likely N-dealkylation sites (tertiary alicyclic amines) is 1. The number of benzene rings is 3. The summed E-state index contributed by atoms with van der Waals surface area (Å²) in [5.41, 5.74) is 0.695. The van der Waals surface area contributed by atoms with Gasteiger partial charge in [-0.05, 0) is 95.8 Å². The van der Waals surface area contributed by atoms with Gasteiger partial charge in [0.1, 0.15) is 5.82 Å². The standard InChI is InChI=1S/C33H37F4NO2/c1-21-14-16-38(17-15-21)30(23-10-12-24(34)13-11-23)27-19-29(33(35,36)37)26(28(31(39)40)20-32(2,3)4)18-25(27)22-8-6-5-7-9-22/h5-13,18-19,21,28,30H,14-17,20H2,1-4H3,(H,39,40)/t28-,30+/m0/s1. The summed E-state index contributed by atoms with van der Waals surface area (Å²) in [4.78, 5) is 14.6. The average molecular weight is 556 g/mol. The molecule has 2 atom stereocenters. The van der Waals surface area contributed by atoms with Crippen molar-refractivity contribution in [2.45, 2.75) is 65.1 Å². The van der Waals surface area contributed by atoms with E-state index in [9.17, 15) is 27.5 Å². The maximum atomic E-state index is 14.8. The molecular formula is C33H37F4NO2. The number of rotatable bonds is 7. The van der Waals surface area contributed by atoms with Crippen LogP contribution in [0.1, 0.15) is 81.2 Å². The minimum Gasteiger partial charge on any atom is -0.481 e. The SMILES string of the molecule is CC1CCN([C@H](c2ccc(F)cc2)c2cc(C(F)(F)F)c([C@H](CC(C)(C)C)C(=O)O)cc2-c2ccccc2)CC1. The Hall–Kier alpha value is -3.19. The average Bonchev–Trinajstić information content (AvgIpc) is 2.89. The van der Waals surface area contributed by atoms with Crippen LogP contribution in [0.5, 0.6) is 0 Å². The molecule has 214 valence electrons. The second-order valence-corrected chi connectivity index (χ2v) is 12.2. The van der Waals surface area contributed by atoms with Gasteiger partial charge >= 0.3 is 12.1 Å². The molecule has 0 spiro atoms. The lowest BCUT2D eigenvalue weighted by atomic mass is 9.77. The summed E-state index contributed by atoms with van der Waals surface area (Å²) in [6.45, 7) is 9.00. The number of carboxylic acid groups (broad SMARTS) is 1. The number of hydrogen-bond acceptors (Lipinski definition) is 2. The largest absolute Gasteiger partial charge is 0.481 e. The molecule has 7 heteroatoms. The van der Waals surface area contributed by atoms with E-state index in [4.69, 9.17) is 0 Å². The Morgan fingerprint density at radius 1 is 0.950 bits per heavy atom. The van der Waals surface area contributed by atoms with Crippen LogP contribution in [-0.2, 0) is 11.0 Å². The van der Waals surface area contributed by atoms with Gasteiger partial charge in [0, 0.05) is 0 Å². The minimum atomic E-state index is -4.77. The van der Waals surface area contributed by atoms with Crippen molar-refractivity contribution in [2.75, 3.05) is 13.1 Å². The summed E-state index contributed by atoms with van der Waals surface area (Å²) < 4.78 is 58.3. The summed E-state index contributed by atoms with van der Waals surface area (Å²) in [5, 5.41) is 10.1. The first-order valence-corrected chi connectivity index (χ1v) is 13.8. The molecule has 0 aliphatic carbocycles. The van der Waals surface area contributed by atoms with E-state index in [-0.39, 0.29) is 12.0 Å². The molecule has 40 heavy (non-hydrogen) atoms. The number of aliphatic carboxylic acids is 1. The van der Waals surface area contributed by atoms with E-state index in [1.165, 1.54) is 18.2 Å². The van der Waals surface area contributed by atoms with Crippen molar-refractivity contribution < 1.29 is 27.5 Å². The highest BCUT2D eigenvalue weighted by Crippen LogP contribution is 2.46. The number of halogens is 4. The Labute approximate surface area is 233 Å². The van der Waals surface area contributed by atoms with E-state index >= 15 is 0 Å². The smallest absolute Gasteiger partial charge is 0.416 e. The molecule has 0 radical (unpaired) electrons. The molecule has 0 unspecified atom stereocenters. The number of piperidine rings is 1. The van der Waals surface area contributed by atoms with Crippen LogP contribution in [0.3, 0.4) is 0 Å². The van der Waals surface area contributed by atoms with Crippen molar-refractivity contribution in [1.29, 1.82) is 0 Å². The van der Waals surface area contributed by atoms with Crippen LogP contribution in [0.15, 0.2) is 66.7 Å². The lowest BCUT2D eigenvalue weighted by Gasteiger charge is -2.39. The third-order valence-electron chi connectivity index (χ3n) is 7.77. The Morgan fingerprint density at radius 3 is 2.08 bits per heavy atom. The number of hydrogen-bond donors (Lipinski definition) is 1. The van der Waals surface area contributed by atoms with Crippen molar-refractivity contribution in [3.05, 3.63) is 94.8 Å². The molecule has 3 aromatic carbocycles. The van der Waals surface area contributed by atoms with Gasteiger partial charge in [-0.2, -0.15) is 13.2 Å². The summed E-state index contributed by atoms with van der Waals surface area (Å²) >= 11 is 0. The molecule has 0 aromatic heterocycles. The van der Waals surface area contributed by atoms with Crippen LogP contribution in [-0.4, -0.2) is 29.1 Å². The third-order valence-corrected chi connectivity index (χ3v) is 7.77. The predicted molar refractivity (Wildman–Crippen MR) is 150 cm³/mol. The predicted octanol–water partition coefficient (Wildman–Crippen LogP) is 8.94. The second kappa shape index (κ2) is 11.7. The molecule has 0 saturated carbocycles. The van der Waals surface area contributed by atoms with Crippen molar-refractivity contribution in [2.24, 2.45) is 11.3 Å². The van der Waals surface area contributed by atoms with Gasteiger partial charge in [0.25, 0.3) is 0 Å². The Kier molecular flexibility index (Phi) is 8.74. The van der Waals surface area contributed by atoms with Crippen LogP contribution < -0.4 is 0 Å². The zero-order valence-electron chi connectivity index (χ0n) is 23.4. The number of carboxylic acids is 1. The summed E-state index contributed by atoms with van der Waals surface area (Å²) in [6.07, 6.45) is -2.93. The van der Waals surface area contributed by atoms with E-state index in [2.05, 4.69) is 11.8 Å². The molecular weight excluding hydrogens is 518 g/mol. The highest BCUT2D eigenvalue weighted by atomic mass is 19.4. The Balaban J connectivity index is 2.04. The lowest BCUT2D eigenvalue weighted by molar-refractivity contribution is -0.142. The molecule has 1 aliphatic rings. The van der Waals surface area contributed by atoms with E-state index in [0.717, 1.165) is 18.9 Å². The van der Waals surface area contributed by atoms with Crippen LogP contribution in [0.25, 0.3) is 11.1 Å². The monoisotopic (exact) mass is 555 g/mol. The molecule has 3 aromatic rings. The van der Waals surface area contributed by atoms with E-state index in [1.54, 1.807) is 12.1 Å². The highest BCUT2D eigenvalue weighted by molar-refractivity contribution is 5.79. The van der Waals surface area contributed by atoms with Gasteiger partial charge in [-0.25, -0.2) is 4.39 Å². The second-order valence-electron chi connectivity index (χ2n) is 12.2. The van der Waals surface area contributed by atoms with Crippen molar-refractivity contribution in [3.8, 4) is 11.1 Å². The molecule has 3 nitrogen and oxygen atoms in total. The quantitative estimate of drug-likeness (QED) is 0.296. The Morgan fingerprint density at radius 2 is 1.55 bits per heavy atom. The van der Waals surface area contributed by atoms with Gasteiger partial charge < -0.3 is 5.11 Å². The minimum absolute atomic E-state index is 0.0460. The fourth-order valence-electron chi connectivity index (χ4n) is 5.72. The third kappa shape index (κ3) is 6.92. The first-order valence-electron chi connectivity index (χ1n) is 13.8. The van der Waals surface area contributed by atoms with Crippen LogP contribution in [0.2, 0.25) is 0 Å². The van der Waals surface area contributed by atoms with Gasteiger partial charge in [-0.15, -0.1) is 0 Å². The van der Waals surface area contributed by atoms with Gasteiger partial charge in [0.15, 0.2) is 0 Å². The van der Waals surface area contributed by atoms with Gasteiger partial charge in [0.2, 0.25) is 0 Å². The fourth-order valence-corrected chi connectivity index (χ4v) is 5.72. The zero-order valence-corrected chi connectivity index (χ0v) is 23.4. The van der Waals surface area contributed by atoms with Gasteiger partial charge in [-0.1, -0.05) is 70.2 Å². The van der Waals surface area contributed by atoms with Gasteiger partial charge in [0.05, 0.1) is 17.5 Å². The van der Waals surface area contributed by atoms with Gasteiger partial charge in [-0.3, -0.25) is 9.69 Å². The molecule has 1 aliphatic heterocycles. The van der Waals surface area contributed by atoms with Crippen molar-refractivity contribution in [3.63, 3.8) is 0 Å². The first kappa shape index (κ1) is 29.8. The number of carbonyl (C=O) groups is 1. The Bertz CT molecular complexity index is 1310. The fraction of sp³-hybridized carbons (Fsp3) is 0.424. The van der Waals surface area contributed by atoms with Crippen LogP contribution >= 0.6 is 0 Å². The first-order chi connectivity index (χ1) is 18.7. The molecule has 4 rings (SSSR count). The highest BCUT2D eigenvalue weighted by Gasteiger charge is 2.41. The molecule has 1 fully saturated rings. The number of alkyl halides is 3. The molecule has 1 heterocycles. The van der Waals surface area contributed by atoms with E-state index in [0.29, 0.717) is 41.3 Å². The lowest BCUT2D eigenvalue weighted by Crippen LogP contribution is -2.37. The van der Waals surface area contributed by atoms with Crippen LogP contribution in [0.4, 0.5) is 17.6 Å². The summed E-state index contributed by atoms with van der Waals surface area (Å²) in [5.74, 6) is -2.54. The van der Waals surface area contributed by atoms with Crippen LogP contribution in [0, 0.1) is 17.2 Å². The van der Waals surface area contributed by atoms with Crippen molar-refractivity contribution in [1.82, 2.24) is 4.90 Å². The zero-order chi connectivity index (χ0) is 29.2. The molecule has 0 amide bonds. The maximum Gasteiger partial charge on any atom is 0.416 e. The maximum absolute atomic E-state index is 14.8. The number of nitrogens with zero attached hydrogens (tertiary/aromatic N) is 1. The molecule has 1 N–H and O–H groups in total.